The summed E-state index contributed by atoms with van der Waals surface area (Å²) in [6.45, 7) is 1.83. The zero-order valence-corrected chi connectivity index (χ0v) is 26.5. The van der Waals surface area contributed by atoms with Crippen molar-refractivity contribution in [1.29, 1.82) is 0 Å². The number of rotatable bonds is 32. The Hall–Kier alpha value is -2.39. The highest BCUT2D eigenvalue weighted by atomic mass is 16.5. The van der Waals surface area contributed by atoms with Crippen molar-refractivity contribution in [3.8, 4) is 0 Å². The fraction of sp³-hybridized carbons (Fsp3) is 0.794. The summed E-state index contributed by atoms with van der Waals surface area (Å²) in [7, 11) is 0. The summed E-state index contributed by atoms with van der Waals surface area (Å²) in [5.74, 6) is -1.16. The molecule has 1 aliphatic rings. The van der Waals surface area contributed by atoms with Gasteiger partial charge >= 0.3 is 5.97 Å². The highest BCUT2D eigenvalue weighted by molar-refractivity contribution is 6.13. The molecule has 1 rings (SSSR count). The van der Waals surface area contributed by atoms with E-state index in [-0.39, 0.29) is 36.3 Å². The maximum absolute atomic E-state index is 12.0. The SMILES string of the molecule is O=C(O)CCCCCCCCCCCCCCCCCCC(=O)CCOCCOCCCC(=O)CCN1C(=O)C=CC1=O. The molecule has 1 aliphatic heterocycles. The molecule has 0 aliphatic carbocycles. The third-order valence-electron chi connectivity index (χ3n) is 7.75. The number of nitrogens with zero attached hydrogens (tertiary/aromatic N) is 1. The number of hydrogen-bond acceptors (Lipinski definition) is 7. The molecule has 0 bridgehead atoms. The van der Waals surface area contributed by atoms with Gasteiger partial charge < -0.3 is 14.6 Å². The van der Waals surface area contributed by atoms with Crippen molar-refractivity contribution < 1.29 is 38.6 Å². The minimum absolute atomic E-state index is 0.0000132. The number of hydrogen-bond donors (Lipinski definition) is 1. The molecule has 0 unspecified atom stereocenters. The molecule has 9 heteroatoms. The number of Topliss-reactive ketones (excluding diaryl/α,β-unsaturated/α-hetero) is 2. The standard InChI is InChI=1S/C34H57NO8/c36-30(23-25-35-32(38)21-22-33(35)39)19-17-26-42-28-29-43-27-24-31(37)18-15-13-11-9-7-5-3-1-2-4-6-8-10-12-14-16-20-34(40)41/h21-22H,1-20,23-29H2,(H,40,41). The van der Waals surface area contributed by atoms with Gasteiger partial charge in [0.05, 0.1) is 19.8 Å². The average molecular weight is 608 g/mol. The zero-order chi connectivity index (χ0) is 31.4. The Labute approximate surface area is 259 Å². The van der Waals surface area contributed by atoms with Crippen molar-refractivity contribution >= 4 is 29.4 Å². The predicted molar refractivity (Wildman–Crippen MR) is 167 cm³/mol. The molecule has 0 fully saturated rings. The van der Waals surface area contributed by atoms with E-state index in [4.69, 9.17) is 14.6 Å². The third kappa shape index (κ3) is 23.7. The van der Waals surface area contributed by atoms with Crippen LogP contribution in [0.1, 0.15) is 141 Å². The molecule has 1 heterocycles. The first-order chi connectivity index (χ1) is 20.9. The van der Waals surface area contributed by atoms with Crippen LogP contribution in [0.15, 0.2) is 12.2 Å². The molecule has 0 saturated heterocycles. The predicted octanol–water partition coefficient (Wildman–Crippen LogP) is 6.75. The Kier molecular flexibility index (Phi) is 24.4. The maximum atomic E-state index is 12.0. The minimum atomic E-state index is -0.682. The second-order valence-electron chi connectivity index (χ2n) is 11.6. The zero-order valence-electron chi connectivity index (χ0n) is 26.5. The van der Waals surface area contributed by atoms with Gasteiger partial charge in [0.25, 0.3) is 11.8 Å². The van der Waals surface area contributed by atoms with Gasteiger partial charge in [0.15, 0.2) is 0 Å². The van der Waals surface area contributed by atoms with Crippen LogP contribution >= 0.6 is 0 Å². The topological polar surface area (TPSA) is 127 Å². The summed E-state index contributed by atoms with van der Waals surface area (Å²) in [4.78, 5) is 58.4. The van der Waals surface area contributed by atoms with Crippen LogP contribution in [0.2, 0.25) is 0 Å². The van der Waals surface area contributed by atoms with Gasteiger partial charge in [-0.2, -0.15) is 0 Å². The van der Waals surface area contributed by atoms with E-state index in [9.17, 15) is 24.0 Å². The lowest BCUT2D eigenvalue weighted by Crippen LogP contribution is -2.32. The van der Waals surface area contributed by atoms with E-state index in [1.54, 1.807) is 0 Å². The van der Waals surface area contributed by atoms with E-state index in [1.165, 1.54) is 82.8 Å². The Balaban J connectivity index is 1.74. The van der Waals surface area contributed by atoms with E-state index < -0.39 is 5.97 Å². The quantitative estimate of drug-likeness (QED) is 0.0657. The van der Waals surface area contributed by atoms with E-state index in [2.05, 4.69) is 0 Å². The molecule has 9 nitrogen and oxygen atoms in total. The van der Waals surface area contributed by atoms with Crippen molar-refractivity contribution in [2.45, 2.75) is 141 Å². The van der Waals surface area contributed by atoms with Crippen LogP contribution in [0.3, 0.4) is 0 Å². The van der Waals surface area contributed by atoms with E-state index in [0.717, 1.165) is 37.0 Å². The number of ketones is 2. The Morgan fingerprint density at radius 1 is 0.488 bits per heavy atom. The summed E-state index contributed by atoms with van der Waals surface area (Å²) in [5.41, 5.74) is 0. The molecule has 2 amide bonds. The van der Waals surface area contributed by atoms with Crippen LogP contribution in [0.5, 0.6) is 0 Å². The molecular formula is C34H57NO8. The average Bonchev–Trinajstić information content (AvgIpc) is 3.30. The molecular weight excluding hydrogens is 550 g/mol. The van der Waals surface area contributed by atoms with Crippen LogP contribution in [0, 0.1) is 0 Å². The Morgan fingerprint density at radius 3 is 1.37 bits per heavy atom. The monoisotopic (exact) mass is 607 g/mol. The van der Waals surface area contributed by atoms with Gasteiger partial charge in [0.2, 0.25) is 0 Å². The molecule has 0 aromatic carbocycles. The molecule has 0 radical (unpaired) electrons. The lowest BCUT2D eigenvalue weighted by atomic mass is 10.0. The molecule has 246 valence electrons. The number of amides is 2. The molecule has 0 saturated carbocycles. The fourth-order valence-corrected chi connectivity index (χ4v) is 5.09. The van der Waals surface area contributed by atoms with Gasteiger partial charge in [-0.1, -0.05) is 89.9 Å². The molecule has 0 aromatic rings. The summed E-state index contributed by atoms with van der Waals surface area (Å²) < 4.78 is 11.0. The lowest BCUT2D eigenvalue weighted by molar-refractivity contribution is -0.138. The van der Waals surface area contributed by atoms with Crippen LogP contribution in [0.4, 0.5) is 0 Å². The van der Waals surface area contributed by atoms with Crippen molar-refractivity contribution in [1.82, 2.24) is 4.90 Å². The van der Waals surface area contributed by atoms with Gasteiger partial charge in [-0.15, -0.1) is 0 Å². The van der Waals surface area contributed by atoms with Gasteiger partial charge in [-0.25, -0.2) is 0 Å². The summed E-state index contributed by atoms with van der Waals surface area (Å²) in [6.07, 6.45) is 24.2. The summed E-state index contributed by atoms with van der Waals surface area (Å²) in [6, 6.07) is 0. The van der Waals surface area contributed by atoms with Gasteiger partial charge in [0, 0.05) is 57.4 Å². The first kappa shape index (κ1) is 38.6. The van der Waals surface area contributed by atoms with Crippen molar-refractivity contribution in [2.24, 2.45) is 0 Å². The number of carbonyl (C=O) groups excluding carboxylic acids is 4. The van der Waals surface area contributed by atoms with E-state index in [1.807, 2.05) is 0 Å². The van der Waals surface area contributed by atoms with Crippen LogP contribution in [0.25, 0.3) is 0 Å². The number of imide groups is 1. The second kappa shape index (κ2) is 27.2. The van der Waals surface area contributed by atoms with Crippen LogP contribution in [-0.2, 0) is 33.4 Å². The Bertz CT molecular complexity index is 807. The minimum Gasteiger partial charge on any atom is -0.481 e. The van der Waals surface area contributed by atoms with Crippen molar-refractivity contribution in [2.75, 3.05) is 33.0 Å². The van der Waals surface area contributed by atoms with Crippen molar-refractivity contribution in [3.05, 3.63) is 12.2 Å². The first-order valence-electron chi connectivity index (χ1n) is 16.8. The number of carboxylic acid groups (broad SMARTS) is 1. The largest absolute Gasteiger partial charge is 0.481 e. The highest BCUT2D eigenvalue weighted by Gasteiger charge is 2.23. The molecule has 0 aromatic heterocycles. The second-order valence-corrected chi connectivity index (χ2v) is 11.6. The molecule has 43 heavy (non-hydrogen) atoms. The smallest absolute Gasteiger partial charge is 0.303 e. The van der Waals surface area contributed by atoms with Crippen LogP contribution < -0.4 is 0 Å². The first-order valence-corrected chi connectivity index (χ1v) is 16.8. The maximum Gasteiger partial charge on any atom is 0.303 e. The van der Waals surface area contributed by atoms with E-state index >= 15 is 0 Å². The van der Waals surface area contributed by atoms with Crippen LogP contribution in [-0.4, -0.2) is 72.3 Å². The fourth-order valence-electron chi connectivity index (χ4n) is 5.09. The van der Waals surface area contributed by atoms with Gasteiger partial charge in [-0.05, 0) is 19.3 Å². The summed E-state index contributed by atoms with van der Waals surface area (Å²) in [5, 5.41) is 8.62. The highest BCUT2D eigenvalue weighted by Crippen LogP contribution is 2.14. The summed E-state index contributed by atoms with van der Waals surface area (Å²) >= 11 is 0. The third-order valence-corrected chi connectivity index (χ3v) is 7.75. The normalized spacial score (nSPS) is 12.9. The molecule has 0 spiro atoms. The van der Waals surface area contributed by atoms with Gasteiger partial charge in [-0.3, -0.25) is 28.9 Å². The van der Waals surface area contributed by atoms with E-state index in [0.29, 0.717) is 58.5 Å². The number of unbranched alkanes of at least 4 members (excludes halogenated alkanes) is 15. The Morgan fingerprint density at radius 2 is 0.884 bits per heavy atom. The lowest BCUT2D eigenvalue weighted by Gasteiger charge is -2.12. The molecule has 0 atom stereocenters. The number of ether oxygens (including phenoxy) is 2. The number of aliphatic carboxylic acids is 1. The number of carboxylic acids is 1. The number of carbonyl (C=O) groups is 5. The molecule has 1 N–H and O–H groups in total. The van der Waals surface area contributed by atoms with Crippen molar-refractivity contribution in [3.63, 3.8) is 0 Å². The van der Waals surface area contributed by atoms with Gasteiger partial charge in [0.1, 0.15) is 11.6 Å².